The number of hydrogen-bond acceptors (Lipinski definition) is 2. The van der Waals surface area contributed by atoms with Crippen LogP contribution < -0.4 is 4.74 Å². The van der Waals surface area contributed by atoms with Gasteiger partial charge in [-0.2, -0.15) is 0 Å². The van der Waals surface area contributed by atoms with Gasteiger partial charge in [0.25, 0.3) is 0 Å². The van der Waals surface area contributed by atoms with Gasteiger partial charge in [-0.1, -0.05) is 13.3 Å². The highest BCUT2D eigenvalue weighted by Crippen LogP contribution is 2.24. The smallest absolute Gasteiger partial charge is 0.219 e. The molecule has 0 aliphatic carbocycles. The number of nitrogens with zero attached hydrogens (tertiary/aromatic N) is 1. The van der Waals surface area contributed by atoms with E-state index in [-0.39, 0.29) is 5.75 Å². The molecule has 1 aromatic heterocycles. The molecule has 2 rings (SSSR count). The number of hydrogen-bond donors (Lipinski definition) is 0. The fourth-order valence-electron chi connectivity index (χ4n) is 1.80. The summed E-state index contributed by atoms with van der Waals surface area (Å²) in [5.41, 5.74) is 1.74. The van der Waals surface area contributed by atoms with E-state index in [9.17, 15) is 8.78 Å². The molecule has 0 aliphatic rings. The Morgan fingerprint density at radius 3 is 2.60 bits per heavy atom. The minimum Gasteiger partial charge on any atom is -0.439 e. The zero-order valence-electron chi connectivity index (χ0n) is 11.0. The van der Waals surface area contributed by atoms with Crippen LogP contribution in [0, 0.1) is 11.6 Å². The van der Waals surface area contributed by atoms with Gasteiger partial charge in [-0.25, -0.2) is 13.8 Å². The second-order valence-corrected chi connectivity index (χ2v) is 4.63. The number of alkyl halides is 1. The van der Waals surface area contributed by atoms with E-state index in [0.29, 0.717) is 11.8 Å². The number of pyridine rings is 1. The number of aromatic nitrogens is 1. The van der Waals surface area contributed by atoms with Gasteiger partial charge in [0.1, 0.15) is 5.75 Å². The van der Waals surface area contributed by atoms with Gasteiger partial charge < -0.3 is 4.74 Å². The molecule has 1 heterocycles. The lowest BCUT2D eigenvalue weighted by molar-refractivity contribution is 0.445. The van der Waals surface area contributed by atoms with Crippen LogP contribution in [0.3, 0.4) is 0 Å². The number of benzene rings is 1. The highest BCUT2D eigenvalue weighted by Gasteiger charge is 2.07. The molecule has 0 amide bonds. The summed E-state index contributed by atoms with van der Waals surface area (Å²) in [7, 11) is 0. The Bertz CT molecular complexity index is 604. The molecule has 0 bridgehead atoms. The Morgan fingerprint density at radius 2 is 1.95 bits per heavy atom. The van der Waals surface area contributed by atoms with Crippen LogP contribution in [-0.4, -0.2) is 4.98 Å². The molecule has 0 N–H and O–H groups in total. The molecule has 0 unspecified atom stereocenters. The molecule has 0 saturated carbocycles. The van der Waals surface area contributed by atoms with E-state index in [1.807, 2.05) is 13.0 Å². The summed E-state index contributed by atoms with van der Waals surface area (Å²) in [6.07, 6.45) is 1.75. The number of ether oxygens (including phenoxy) is 1. The molecule has 0 aliphatic heterocycles. The average Bonchev–Trinajstić information content (AvgIpc) is 2.43. The maximum Gasteiger partial charge on any atom is 0.219 e. The quantitative estimate of drug-likeness (QED) is 0.736. The molecule has 20 heavy (non-hydrogen) atoms. The second-order valence-electron chi connectivity index (χ2n) is 4.37. The van der Waals surface area contributed by atoms with Crippen molar-refractivity contribution in [3.05, 3.63) is 53.2 Å². The first-order valence-electron chi connectivity index (χ1n) is 6.31. The van der Waals surface area contributed by atoms with Crippen molar-refractivity contribution in [1.29, 1.82) is 0 Å². The van der Waals surface area contributed by atoms with Crippen molar-refractivity contribution in [2.24, 2.45) is 0 Å². The minimum atomic E-state index is -0.954. The monoisotopic (exact) mass is 297 g/mol. The normalized spacial score (nSPS) is 10.6. The van der Waals surface area contributed by atoms with Gasteiger partial charge in [-0.3, -0.25) is 0 Å². The largest absolute Gasteiger partial charge is 0.439 e. The Morgan fingerprint density at radius 1 is 1.15 bits per heavy atom. The number of aryl methyl sites for hydroxylation is 1. The number of rotatable bonds is 5. The fourth-order valence-corrected chi connectivity index (χ4v) is 1.95. The summed E-state index contributed by atoms with van der Waals surface area (Å²) < 4.78 is 31.5. The Hall–Kier alpha value is -1.68. The predicted octanol–water partition coefficient (Wildman–Crippen LogP) is 4.84. The van der Waals surface area contributed by atoms with Crippen molar-refractivity contribution < 1.29 is 13.5 Å². The van der Waals surface area contributed by atoms with E-state index in [1.165, 1.54) is 6.07 Å². The molecule has 0 fully saturated rings. The molecule has 0 spiro atoms. The minimum absolute atomic E-state index is 0.200. The molecule has 2 nitrogen and oxygen atoms in total. The van der Waals surface area contributed by atoms with Gasteiger partial charge in [0.15, 0.2) is 11.6 Å². The lowest BCUT2D eigenvalue weighted by atomic mass is 10.2. The molecular formula is C15H14ClF2NO. The molecule has 0 saturated heterocycles. The number of halogens is 3. The summed E-state index contributed by atoms with van der Waals surface area (Å²) in [5, 5.41) is 0. The summed E-state index contributed by atoms with van der Waals surface area (Å²) in [5.74, 6) is -0.993. The second kappa shape index (κ2) is 6.66. The molecule has 5 heteroatoms. The van der Waals surface area contributed by atoms with Gasteiger partial charge in [-0.15, -0.1) is 11.6 Å². The highest BCUT2D eigenvalue weighted by atomic mass is 35.5. The third-order valence-electron chi connectivity index (χ3n) is 2.69. The van der Waals surface area contributed by atoms with Crippen LogP contribution in [0.4, 0.5) is 8.78 Å². The zero-order valence-corrected chi connectivity index (χ0v) is 11.8. The van der Waals surface area contributed by atoms with Crippen LogP contribution in [0.15, 0.2) is 30.3 Å². The van der Waals surface area contributed by atoms with Gasteiger partial charge in [0, 0.05) is 23.7 Å². The SMILES string of the molecule is CCCc1cc(CCl)cc(Oc2ccc(F)c(F)c2)n1. The van der Waals surface area contributed by atoms with E-state index in [2.05, 4.69) is 4.98 Å². The van der Waals surface area contributed by atoms with Crippen molar-refractivity contribution in [1.82, 2.24) is 4.98 Å². The van der Waals surface area contributed by atoms with Crippen LogP contribution in [0.1, 0.15) is 24.6 Å². The lowest BCUT2D eigenvalue weighted by Gasteiger charge is -2.09. The van der Waals surface area contributed by atoms with Gasteiger partial charge in [-0.05, 0) is 30.2 Å². The average molecular weight is 298 g/mol. The summed E-state index contributed by atoms with van der Waals surface area (Å²) in [6, 6.07) is 6.96. The summed E-state index contributed by atoms with van der Waals surface area (Å²) >= 11 is 5.83. The van der Waals surface area contributed by atoms with Crippen LogP contribution in [0.5, 0.6) is 11.6 Å². The molecule has 0 atom stereocenters. The van der Waals surface area contributed by atoms with E-state index in [1.54, 1.807) is 6.07 Å². The van der Waals surface area contributed by atoms with E-state index in [4.69, 9.17) is 16.3 Å². The Labute approximate surface area is 121 Å². The van der Waals surface area contributed by atoms with Gasteiger partial charge in [0.05, 0.1) is 0 Å². The van der Waals surface area contributed by atoms with Crippen LogP contribution in [0.25, 0.3) is 0 Å². The first-order chi connectivity index (χ1) is 9.62. The standard InChI is InChI=1S/C15H14ClF2NO/c1-2-3-11-6-10(9-16)7-15(19-11)20-12-4-5-13(17)14(18)8-12/h4-8H,2-3,9H2,1H3. The molecule has 1 aromatic carbocycles. The van der Waals surface area contributed by atoms with Crippen LogP contribution in [0.2, 0.25) is 0 Å². The van der Waals surface area contributed by atoms with Gasteiger partial charge >= 0.3 is 0 Å². The topological polar surface area (TPSA) is 22.1 Å². The molecule has 0 radical (unpaired) electrons. The first-order valence-corrected chi connectivity index (χ1v) is 6.84. The third kappa shape index (κ3) is 3.67. The predicted molar refractivity (Wildman–Crippen MR) is 74.2 cm³/mol. The van der Waals surface area contributed by atoms with Crippen molar-refractivity contribution in [2.45, 2.75) is 25.6 Å². The molecular weight excluding hydrogens is 284 g/mol. The van der Waals surface area contributed by atoms with Crippen molar-refractivity contribution >= 4 is 11.6 Å². The van der Waals surface area contributed by atoms with Crippen molar-refractivity contribution in [3.8, 4) is 11.6 Å². The summed E-state index contributed by atoms with van der Waals surface area (Å²) in [4.78, 5) is 4.32. The Balaban J connectivity index is 2.27. The van der Waals surface area contributed by atoms with Gasteiger partial charge in [0.2, 0.25) is 5.88 Å². The fraction of sp³-hybridized carbons (Fsp3) is 0.267. The Kier molecular flexibility index (Phi) is 4.90. The van der Waals surface area contributed by atoms with E-state index in [0.717, 1.165) is 36.2 Å². The first kappa shape index (κ1) is 14.7. The van der Waals surface area contributed by atoms with E-state index < -0.39 is 11.6 Å². The zero-order chi connectivity index (χ0) is 14.5. The van der Waals surface area contributed by atoms with Crippen LogP contribution in [-0.2, 0) is 12.3 Å². The third-order valence-corrected chi connectivity index (χ3v) is 3.00. The molecule has 106 valence electrons. The lowest BCUT2D eigenvalue weighted by Crippen LogP contribution is -1.96. The van der Waals surface area contributed by atoms with Crippen molar-refractivity contribution in [2.75, 3.05) is 0 Å². The van der Waals surface area contributed by atoms with E-state index >= 15 is 0 Å². The maximum atomic E-state index is 13.1. The van der Waals surface area contributed by atoms with Crippen LogP contribution >= 0.6 is 11.6 Å². The van der Waals surface area contributed by atoms with Crippen molar-refractivity contribution in [3.63, 3.8) is 0 Å². The maximum absolute atomic E-state index is 13.1. The molecule has 2 aromatic rings. The summed E-state index contributed by atoms with van der Waals surface area (Å²) in [6.45, 7) is 2.05. The highest BCUT2D eigenvalue weighted by molar-refractivity contribution is 6.17.